The summed E-state index contributed by atoms with van der Waals surface area (Å²) in [5.41, 5.74) is -0.448. The highest BCUT2D eigenvalue weighted by Crippen LogP contribution is 2.29. The molecule has 7 heteroatoms. The molecule has 0 bridgehead atoms. The largest absolute Gasteiger partial charge is 0.338 e. The first kappa shape index (κ1) is 15.7. The molecule has 1 aromatic rings. The molecular weight excluding hydrogens is 354 g/mol. The molecule has 0 aromatic heterocycles. The van der Waals surface area contributed by atoms with E-state index in [-0.39, 0.29) is 12.4 Å². The van der Waals surface area contributed by atoms with Crippen molar-refractivity contribution in [3.8, 4) is 0 Å². The van der Waals surface area contributed by atoms with Gasteiger partial charge in [-0.15, -0.1) is 12.4 Å². The highest BCUT2D eigenvalue weighted by molar-refractivity contribution is 9.10. The van der Waals surface area contributed by atoms with E-state index in [1.807, 2.05) is 0 Å². The molecule has 3 nitrogen and oxygen atoms in total. The Morgan fingerprint density at radius 2 is 1.70 bits per heavy atom. The summed E-state index contributed by atoms with van der Waals surface area (Å²) in [6, 6.07) is 2.24. The Morgan fingerprint density at radius 3 is 2.20 bits per heavy atom. The maximum absolute atomic E-state index is 13.8. The SMILES string of the molecule is Cl.O=C(c1c(F)cc(Br)cc1F)N1C[C@H]2CNC[C@H]2C1. The summed E-state index contributed by atoms with van der Waals surface area (Å²) < 4.78 is 27.8. The Bertz CT molecular complexity index is 508. The van der Waals surface area contributed by atoms with Crippen molar-refractivity contribution in [3.63, 3.8) is 0 Å². The van der Waals surface area contributed by atoms with Gasteiger partial charge in [0.25, 0.3) is 5.91 Å². The molecule has 20 heavy (non-hydrogen) atoms. The molecule has 2 aliphatic rings. The van der Waals surface area contributed by atoms with Crippen LogP contribution in [0.25, 0.3) is 0 Å². The van der Waals surface area contributed by atoms with Crippen molar-refractivity contribution in [2.24, 2.45) is 11.8 Å². The minimum absolute atomic E-state index is 0. The molecule has 2 fully saturated rings. The number of hydrogen-bond donors (Lipinski definition) is 1. The number of hydrogen-bond acceptors (Lipinski definition) is 2. The van der Waals surface area contributed by atoms with Crippen molar-refractivity contribution in [3.05, 3.63) is 33.8 Å². The predicted octanol–water partition coefficient (Wildman–Crippen LogP) is 2.44. The second kappa shape index (κ2) is 5.95. The highest BCUT2D eigenvalue weighted by Gasteiger charge is 2.39. The molecule has 1 N–H and O–H groups in total. The normalized spacial score (nSPS) is 24.4. The number of halogens is 4. The van der Waals surface area contributed by atoms with Crippen molar-refractivity contribution in [2.75, 3.05) is 26.2 Å². The summed E-state index contributed by atoms with van der Waals surface area (Å²) in [4.78, 5) is 13.8. The van der Waals surface area contributed by atoms with E-state index in [4.69, 9.17) is 0 Å². The summed E-state index contributed by atoms with van der Waals surface area (Å²) in [6.07, 6.45) is 0. The highest BCUT2D eigenvalue weighted by atomic mass is 79.9. The number of fused-ring (bicyclic) bond motifs is 1. The van der Waals surface area contributed by atoms with Crippen LogP contribution in [-0.2, 0) is 0 Å². The lowest BCUT2D eigenvalue weighted by Crippen LogP contribution is -2.33. The van der Waals surface area contributed by atoms with Crippen molar-refractivity contribution >= 4 is 34.2 Å². The van der Waals surface area contributed by atoms with E-state index in [0.717, 1.165) is 25.2 Å². The van der Waals surface area contributed by atoms with Crippen LogP contribution in [0.4, 0.5) is 8.78 Å². The lowest BCUT2D eigenvalue weighted by atomic mass is 10.0. The zero-order valence-corrected chi connectivity index (χ0v) is 12.9. The van der Waals surface area contributed by atoms with Gasteiger partial charge in [-0.05, 0) is 24.0 Å². The fourth-order valence-electron chi connectivity index (χ4n) is 2.93. The lowest BCUT2D eigenvalue weighted by Gasteiger charge is -2.18. The molecular formula is C13H14BrClF2N2O. The molecule has 2 heterocycles. The van der Waals surface area contributed by atoms with Gasteiger partial charge < -0.3 is 10.2 Å². The van der Waals surface area contributed by atoms with E-state index in [9.17, 15) is 13.6 Å². The van der Waals surface area contributed by atoms with Gasteiger partial charge in [-0.2, -0.15) is 0 Å². The van der Waals surface area contributed by atoms with E-state index in [1.54, 1.807) is 4.90 Å². The first-order valence-electron chi connectivity index (χ1n) is 6.21. The van der Waals surface area contributed by atoms with Crippen molar-refractivity contribution < 1.29 is 13.6 Å². The van der Waals surface area contributed by atoms with Gasteiger partial charge in [0.05, 0.1) is 0 Å². The molecule has 0 spiro atoms. The molecule has 0 unspecified atom stereocenters. The third kappa shape index (κ3) is 2.69. The first-order chi connectivity index (χ1) is 9.06. The smallest absolute Gasteiger partial charge is 0.259 e. The molecule has 2 saturated heterocycles. The summed E-state index contributed by atoms with van der Waals surface area (Å²) in [7, 11) is 0. The van der Waals surface area contributed by atoms with Crippen LogP contribution in [0.3, 0.4) is 0 Å². The monoisotopic (exact) mass is 366 g/mol. The molecule has 0 aliphatic carbocycles. The number of rotatable bonds is 1. The second-order valence-electron chi connectivity index (χ2n) is 5.13. The summed E-state index contributed by atoms with van der Waals surface area (Å²) in [5, 5.41) is 3.26. The molecule has 0 saturated carbocycles. The fraction of sp³-hybridized carbons (Fsp3) is 0.462. The lowest BCUT2D eigenvalue weighted by molar-refractivity contribution is 0.0772. The van der Waals surface area contributed by atoms with Crippen LogP contribution < -0.4 is 5.32 Å². The fourth-order valence-corrected chi connectivity index (χ4v) is 3.33. The number of carbonyl (C=O) groups is 1. The zero-order chi connectivity index (χ0) is 13.6. The molecule has 2 atom stereocenters. The van der Waals surface area contributed by atoms with Crippen molar-refractivity contribution in [2.45, 2.75) is 0 Å². The molecule has 2 aliphatic heterocycles. The van der Waals surface area contributed by atoms with E-state index in [2.05, 4.69) is 21.2 Å². The second-order valence-corrected chi connectivity index (χ2v) is 6.05. The number of nitrogens with zero attached hydrogens (tertiary/aromatic N) is 1. The van der Waals surface area contributed by atoms with E-state index in [1.165, 1.54) is 0 Å². The summed E-state index contributed by atoms with van der Waals surface area (Å²) in [5.74, 6) is -1.35. The average molecular weight is 368 g/mol. The number of nitrogens with one attached hydrogen (secondary N) is 1. The quantitative estimate of drug-likeness (QED) is 0.827. The summed E-state index contributed by atoms with van der Waals surface area (Å²) >= 11 is 3.01. The predicted molar refractivity (Wildman–Crippen MR) is 77.1 cm³/mol. The number of benzene rings is 1. The Kier molecular flexibility index (Phi) is 4.66. The topological polar surface area (TPSA) is 32.3 Å². The van der Waals surface area contributed by atoms with Gasteiger partial charge in [-0.25, -0.2) is 8.78 Å². The third-order valence-electron chi connectivity index (χ3n) is 3.90. The zero-order valence-electron chi connectivity index (χ0n) is 10.5. The number of likely N-dealkylation sites (tertiary alicyclic amines) is 1. The third-order valence-corrected chi connectivity index (χ3v) is 4.36. The Balaban J connectivity index is 0.00000147. The van der Waals surface area contributed by atoms with Crippen LogP contribution in [0.2, 0.25) is 0 Å². The molecule has 110 valence electrons. The van der Waals surface area contributed by atoms with Gasteiger partial charge in [0.2, 0.25) is 0 Å². The molecule has 0 radical (unpaired) electrons. The molecule has 1 aromatic carbocycles. The first-order valence-corrected chi connectivity index (χ1v) is 7.00. The number of amides is 1. The van der Waals surface area contributed by atoms with E-state index < -0.39 is 23.1 Å². The van der Waals surface area contributed by atoms with Crippen LogP contribution in [0.5, 0.6) is 0 Å². The van der Waals surface area contributed by atoms with Gasteiger partial charge in [-0.1, -0.05) is 15.9 Å². The average Bonchev–Trinajstić information content (AvgIpc) is 2.86. The maximum atomic E-state index is 13.8. The van der Waals surface area contributed by atoms with E-state index >= 15 is 0 Å². The van der Waals surface area contributed by atoms with Gasteiger partial charge in [0, 0.05) is 30.7 Å². The summed E-state index contributed by atoms with van der Waals surface area (Å²) in [6.45, 7) is 2.90. The van der Waals surface area contributed by atoms with Crippen molar-refractivity contribution in [1.29, 1.82) is 0 Å². The van der Waals surface area contributed by atoms with Gasteiger partial charge in [-0.3, -0.25) is 4.79 Å². The number of carbonyl (C=O) groups excluding carboxylic acids is 1. The van der Waals surface area contributed by atoms with Crippen LogP contribution in [0, 0.1) is 23.5 Å². The Labute approximate surface area is 130 Å². The Hall–Kier alpha value is -0.720. The van der Waals surface area contributed by atoms with E-state index in [0.29, 0.717) is 29.4 Å². The molecule has 3 rings (SSSR count). The van der Waals surface area contributed by atoms with Gasteiger partial charge in [0.15, 0.2) is 0 Å². The Morgan fingerprint density at radius 1 is 1.20 bits per heavy atom. The molecule has 1 amide bonds. The minimum atomic E-state index is -0.813. The van der Waals surface area contributed by atoms with Crippen molar-refractivity contribution in [1.82, 2.24) is 10.2 Å². The van der Waals surface area contributed by atoms with Gasteiger partial charge >= 0.3 is 0 Å². The van der Waals surface area contributed by atoms with Crippen LogP contribution in [-0.4, -0.2) is 37.0 Å². The van der Waals surface area contributed by atoms with Crippen LogP contribution in [0.1, 0.15) is 10.4 Å². The van der Waals surface area contributed by atoms with Crippen LogP contribution >= 0.6 is 28.3 Å². The standard InChI is InChI=1S/C13H13BrF2N2O.ClH/c14-9-1-10(15)12(11(16)2-9)13(19)18-5-7-3-17-4-8(7)6-18;/h1-2,7-8,17H,3-6H2;1H/t7-,8+;. The van der Waals surface area contributed by atoms with Gasteiger partial charge in [0.1, 0.15) is 17.2 Å². The van der Waals surface area contributed by atoms with Crippen LogP contribution in [0.15, 0.2) is 16.6 Å². The minimum Gasteiger partial charge on any atom is -0.338 e. The maximum Gasteiger partial charge on any atom is 0.259 e.